The Morgan fingerprint density at radius 1 is 0.882 bits per heavy atom. The molecule has 3 aromatic rings. The molecule has 0 saturated heterocycles. The predicted octanol–water partition coefficient (Wildman–Crippen LogP) is 3.81. The van der Waals surface area contributed by atoms with Gasteiger partial charge in [-0.1, -0.05) is 48.5 Å². The molecule has 8 heteroatoms. The van der Waals surface area contributed by atoms with Crippen molar-refractivity contribution in [3.05, 3.63) is 95.6 Å². The molecule has 3 N–H and O–H groups in total. The number of carbonyl (C=O) groups excluding carboxylic acids is 2. The highest BCUT2D eigenvalue weighted by molar-refractivity contribution is 7.80. The maximum atomic E-state index is 12.7. The lowest BCUT2D eigenvalue weighted by Crippen LogP contribution is -2.35. The van der Waals surface area contributed by atoms with Gasteiger partial charge in [-0.3, -0.25) is 14.9 Å². The Kier molecular flexibility index (Phi) is 9.57. The number of amides is 2. The second kappa shape index (κ2) is 13.1. The van der Waals surface area contributed by atoms with E-state index in [9.17, 15) is 9.59 Å². The molecule has 0 fully saturated rings. The molecule has 2 amide bonds. The fourth-order valence-corrected chi connectivity index (χ4v) is 3.34. The van der Waals surface area contributed by atoms with Gasteiger partial charge in [0.25, 0.3) is 11.8 Å². The zero-order chi connectivity index (χ0) is 24.2. The van der Waals surface area contributed by atoms with Crippen LogP contribution in [0.4, 0.5) is 5.69 Å². The van der Waals surface area contributed by atoms with Crippen molar-refractivity contribution in [3.8, 4) is 5.75 Å². The molecule has 0 aliphatic carbocycles. The molecule has 0 atom stereocenters. The van der Waals surface area contributed by atoms with Crippen LogP contribution in [0.2, 0.25) is 0 Å². The molecule has 0 aliphatic rings. The average Bonchev–Trinajstić information content (AvgIpc) is 2.85. The van der Waals surface area contributed by atoms with Crippen molar-refractivity contribution >= 4 is 34.8 Å². The minimum absolute atomic E-state index is 0.0811. The highest BCUT2D eigenvalue weighted by Crippen LogP contribution is 2.16. The summed E-state index contributed by atoms with van der Waals surface area (Å²) < 4.78 is 10.8. The van der Waals surface area contributed by atoms with Crippen LogP contribution >= 0.6 is 12.2 Å². The van der Waals surface area contributed by atoms with Crippen molar-refractivity contribution in [1.29, 1.82) is 0 Å². The fraction of sp³-hybridized carbons (Fsp3) is 0.192. The zero-order valence-electron chi connectivity index (χ0n) is 18.9. The molecular formula is C26H27N3O4S. The first-order chi connectivity index (χ1) is 16.6. The lowest BCUT2D eigenvalue weighted by molar-refractivity contribution is 0.0937. The third kappa shape index (κ3) is 7.68. The largest absolute Gasteiger partial charge is 0.493 e. The fourth-order valence-electron chi connectivity index (χ4n) is 3.14. The lowest BCUT2D eigenvalue weighted by Gasteiger charge is -2.14. The Labute approximate surface area is 204 Å². The molecule has 0 bridgehead atoms. The van der Waals surface area contributed by atoms with Crippen molar-refractivity contribution in [2.24, 2.45) is 0 Å². The van der Waals surface area contributed by atoms with Gasteiger partial charge < -0.3 is 20.1 Å². The Balaban J connectivity index is 1.55. The number of nitrogens with one attached hydrogen (secondary N) is 3. The van der Waals surface area contributed by atoms with Gasteiger partial charge in [-0.15, -0.1) is 0 Å². The number of anilines is 1. The molecule has 0 spiro atoms. The third-order valence-corrected chi connectivity index (χ3v) is 5.04. The van der Waals surface area contributed by atoms with Crippen LogP contribution in [0.15, 0.2) is 78.9 Å². The van der Waals surface area contributed by atoms with Crippen LogP contribution in [0, 0.1) is 0 Å². The number of thiocarbonyl (C=S) groups is 1. The maximum absolute atomic E-state index is 12.7. The van der Waals surface area contributed by atoms with E-state index in [0.29, 0.717) is 42.3 Å². The molecule has 34 heavy (non-hydrogen) atoms. The second-order valence-corrected chi connectivity index (χ2v) is 7.72. The minimum atomic E-state index is -0.381. The van der Waals surface area contributed by atoms with Gasteiger partial charge >= 0.3 is 0 Å². The Morgan fingerprint density at radius 3 is 2.44 bits per heavy atom. The number of methoxy groups -OCH3 is 1. The Bertz CT molecular complexity index is 1120. The molecule has 3 rings (SSSR count). The quantitative estimate of drug-likeness (QED) is 0.304. The van der Waals surface area contributed by atoms with Gasteiger partial charge in [0.15, 0.2) is 5.11 Å². The van der Waals surface area contributed by atoms with Gasteiger partial charge in [0.05, 0.1) is 24.5 Å². The summed E-state index contributed by atoms with van der Waals surface area (Å²) in [6.45, 7) is 1.29. The SMILES string of the molecule is COCCNC(=O)c1ccccc1NC(=S)NC(=O)c1cccc(OCCc2ccccc2)c1. The van der Waals surface area contributed by atoms with E-state index in [1.807, 2.05) is 30.3 Å². The van der Waals surface area contributed by atoms with Crippen molar-refractivity contribution in [1.82, 2.24) is 10.6 Å². The minimum Gasteiger partial charge on any atom is -0.493 e. The summed E-state index contributed by atoms with van der Waals surface area (Å²) >= 11 is 5.30. The van der Waals surface area contributed by atoms with Crippen LogP contribution in [-0.4, -0.2) is 43.8 Å². The van der Waals surface area contributed by atoms with E-state index in [1.54, 1.807) is 55.6 Å². The van der Waals surface area contributed by atoms with Gasteiger partial charge in [0.1, 0.15) is 5.75 Å². The molecule has 3 aromatic carbocycles. The van der Waals surface area contributed by atoms with Crippen LogP contribution in [0.1, 0.15) is 26.3 Å². The normalized spacial score (nSPS) is 10.3. The lowest BCUT2D eigenvalue weighted by atomic mass is 10.1. The number of para-hydroxylation sites is 1. The molecule has 0 radical (unpaired) electrons. The Morgan fingerprint density at radius 2 is 1.65 bits per heavy atom. The van der Waals surface area contributed by atoms with Gasteiger partial charge in [-0.25, -0.2) is 0 Å². The monoisotopic (exact) mass is 477 g/mol. The van der Waals surface area contributed by atoms with E-state index >= 15 is 0 Å². The van der Waals surface area contributed by atoms with Crippen molar-refractivity contribution in [2.45, 2.75) is 6.42 Å². The van der Waals surface area contributed by atoms with Crippen LogP contribution < -0.4 is 20.7 Å². The van der Waals surface area contributed by atoms with Gasteiger partial charge in [0, 0.05) is 25.6 Å². The number of hydrogen-bond acceptors (Lipinski definition) is 5. The number of rotatable bonds is 10. The molecule has 0 aromatic heterocycles. The van der Waals surface area contributed by atoms with Crippen molar-refractivity contribution in [2.75, 3.05) is 32.2 Å². The average molecular weight is 478 g/mol. The van der Waals surface area contributed by atoms with E-state index in [0.717, 1.165) is 6.42 Å². The summed E-state index contributed by atoms with van der Waals surface area (Å²) in [7, 11) is 1.56. The first-order valence-corrected chi connectivity index (χ1v) is 11.2. The van der Waals surface area contributed by atoms with Crippen LogP contribution in [0.25, 0.3) is 0 Å². The summed E-state index contributed by atoms with van der Waals surface area (Å²) in [5, 5.41) is 8.42. The number of carbonyl (C=O) groups is 2. The topological polar surface area (TPSA) is 88.7 Å². The molecule has 176 valence electrons. The molecule has 0 saturated carbocycles. The molecule has 0 aliphatic heterocycles. The highest BCUT2D eigenvalue weighted by Gasteiger charge is 2.14. The van der Waals surface area contributed by atoms with Crippen molar-refractivity contribution < 1.29 is 19.1 Å². The first-order valence-electron chi connectivity index (χ1n) is 10.8. The molecule has 0 heterocycles. The van der Waals surface area contributed by atoms with E-state index in [4.69, 9.17) is 21.7 Å². The van der Waals surface area contributed by atoms with E-state index in [2.05, 4.69) is 16.0 Å². The van der Waals surface area contributed by atoms with Gasteiger partial charge in [0.2, 0.25) is 0 Å². The Hall–Kier alpha value is -3.75. The van der Waals surface area contributed by atoms with E-state index < -0.39 is 0 Å². The number of hydrogen-bond donors (Lipinski definition) is 3. The molecular weight excluding hydrogens is 450 g/mol. The predicted molar refractivity (Wildman–Crippen MR) is 136 cm³/mol. The van der Waals surface area contributed by atoms with E-state index in [-0.39, 0.29) is 16.9 Å². The summed E-state index contributed by atoms with van der Waals surface area (Å²) in [6.07, 6.45) is 0.768. The highest BCUT2D eigenvalue weighted by atomic mass is 32.1. The van der Waals surface area contributed by atoms with E-state index in [1.165, 1.54) is 5.56 Å². The summed E-state index contributed by atoms with van der Waals surface area (Å²) in [6, 6.07) is 23.9. The summed E-state index contributed by atoms with van der Waals surface area (Å²) in [5.74, 6) is -0.0526. The van der Waals surface area contributed by atoms with Gasteiger partial charge in [-0.05, 0) is 48.1 Å². The van der Waals surface area contributed by atoms with Gasteiger partial charge in [-0.2, -0.15) is 0 Å². The van der Waals surface area contributed by atoms with Crippen molar-refractivity contribution in [3.63, 3.8) is 0 Å². The van der Waals surface area contributed by atoms with Crippen LogP contribution in [0.3, 0.4) is 0 Å². The number of benzene rings is 3. The standard InChI is InChI=1S/C26H27N3O4S/c1-32-17-15-27-25(31)22-12-5-6-13-23(22)28-26(34)29-24(30)20-10-7-11-21(18-20)33-16-14-19-8-3-2-4-9-19/h2-13,18H,14-17H2,1H3,(H,27,31)(H2,28,29,30,34). The zero-order valence-corrected chi connectivity index (χ0v) is 19.7. The summed E-state index contributed by atoms with van der Waals surface area (Å²) in [4.78, 5) is 25.1. The smallest absolute Gasteiger partial charge is 0.257 e. The van der Waals surface area contributed by atoms with Crippen LogP contribution in [0.5, 0.6) is 5.75 Å². The summed E-state index contributed by atoms with van der Waals surface area (Å²) in [5.41, 5.74) is 2.48. The first kappa shape index (κ1) is 24.9. The third-order valence-electron chi connectivity index (χ3n) is 4.84. The van der Waals surface area contributed by atoms with Crippen LogP contribution in [-0.2, 0) is 11.2 Å². The maximum Gasteiger partial charge on any atom is 0.257 e. The number of ether oxygens (including phenoxy) is 2. The molecule has 0 unspecified atom stereocenters. The molecule has 7 nitrogen and oxygen atoms in total. The second-order valence-electron chi connectivity index (χ2n) is 7.31.